The Morgan fingerprint density at radius 2 is 1.91 bits per heavy atom. The summed E-state index contributed by atoms with van der Waals surface area (Å²) in [5.74, 6) is 0.353. The van der Waals surface area contributed by atoms with E-state index in [-0.39, 0.29) is 17.1 Å². The van der Waals surface area contributed by atoms with E-state index in [9.17, 15) is 15.2 Å². The van der Waals surface area contributed by atoms with Crippen molar-refractivity contribution in [3.05, 3.63) is 52.1 Å². The Morgan fingerprint density at radius 3 is 2.55 bits per heavy atom. The van der Waals surface area contributed by atoms with Gasteiger partial charge in [0.15, 0.2) is 0 Å². The molecule has 0 aliphatic heterocycles. The minimum atomic E-state index is -0.520. The summed E-state index contributed by atoms with van der Waals surface area (Å²) >= 11 is 0. The van der Waals surface area contributed by atoms with Crippen LogP contribution in [0.15, 0.2) is 46.6 Å². The maximum atomic E-state index is 10.8. The third-order valence-electron chi connectivity index (χ3n) is 3.09. The van der Waals surface area contributed by atoms with Gasteiger partial charge in [-0.2, -0.15) is 0 Å². The topological polar surface area (TPSA) is 97.3 Å². The number of phenolic OH excluding ortho intramolecular Hbond substituents is 1. The van der Waals surface area contributed by atoms with Crippen LogP contribution in [0.4, 0.5) is 17.1 Å². The van der Waals surface area contributed by atoms with E-state index in [1.54, 1.807) is 12.1 Å². The molecule has 114 valence electrons. The van der Waals surface area contributed by atoms with Crippen molar-refractivity contribution < 1.29 is 14.8 Å². The van der Waals surface area contributed by atoms with Gasteiger partial charge in [0.05, 0.1) is 12.0 Å². The molecule has 2 aromatic carbocycles. The number of azo groups is 1. The summed E-state index contributed by atoms with van der Waals surface area (Å²) in [6.07, 6.45) is 0.795. The number of non-ortho nitro benzene ring substituents is 1. The summed E-state index contributed by atoms with van der Waals surface area (Å²) in [7, 11) is 1.44. The van der Waals surface area contributed by atoms with Crippen LogP contribution in [0.3, 0.4) is 0 Å². The van der Waals surface area contributed by atoms with Crippen LogP contribution in [0.1, 0.15) is 12.5 Å². The number of benzene rings is 2. The Morgan fingerprint density at radius 1 is 1.18 bits per heavy atom. The van der Waals surface area contributed by atoms with Crippen molar-refractivity contribution in [2.75, 3.05) is 7.11 Å². The van der Waals surface area contributed by atoms with Gasteiger partial charge in [0.25, 0.3) is 5.69 Å². The molecule has 0 saturated carbocycles. The molecule has 0 saturated heterocycles. The molecule has 2 rings (SSSR count). The van der Waals surface area contributed by atoms with Crippen LogP contribution < -0.4 is 4.74 Å². The molecule has 0 aromatic heterocycles. The van der Waals surface area contributed by atoms with Crippen LogP contribution in [-0.2, 0) is 6.42 Å². The Hall–Kier alpha value is -2.96. The summed E-state index contributed by atoms with van der Waals surface area (Å²) in [6.45, 7) is 1.98. The normalized spacial score (nSPS) is 10.8. The average molecular weight is 301 g/mol. The molecule has 0 radical (unpaired) electrons. The molecule has 0 aliphatic carbocycles. The van der Waals surface area contributed by atoms with Gasteiger partial charge in [0.1, 0.15) is 22.9 Å². The summed E-state index contributed by atoms with van der Waals surface area (Å²) in [6, 6.07) is 9.09. The number of nitrogens with zero attached hydrogens (tertiary/aromatic N) is 3. The lowest BCUT2D eigenvalue weighted by atomic mass is 10.1. The van der Waals surface area contributed by atoms with Gasteiger partial charge in [-0.05, 0) is 30.2 Å². The number of nitro groups is 1. The lowest BCUT2D eigenvalue weighted by Gasteiger charge is -2.04. The summed E-state index contributed by atoms with van der Waals surface area (Å²) in [4.78, 5) is 10.3. The van der Waals surface area contributed by atoms with Crippen LogP contribution in [0.25, 0.3) is 0 Å². The minimum absolute atomic E-state index is 0.00894. The predicted octanol–water partition coefficient (Wildman–Crippen LogP) is 4.29. The third kappa shape index (κ3) is 3.38. The van der Waals surface area contributed by atoms with Gasteiger partial charge >= 0.3 is 0 Å². The number of hydrogen-bond donors (Lipinski definition) is 1. The highest BCUT2D eigenvalue weighted by Crippen LogP contribution is 2.34. The van der Waals surface area contributed by atoms with E-state index >= 15 is 0 Å². The Bertz CT molecular complexity index is 729. The molecule has 0 amide bonds. The fraction of sp³-hybridized carbons (Fsp3) is 0.200. The molecule has 0 heterocycles. The molecule has 0 spiro atoms. The summed E-state index contributed by atoms with van der Waals surface area (Å²) in [5.41, 5.74) is 1.41. The first-order valence-electron chi connectivity index (χ1n) is 6.61. The highest BCUT2D eigenvalue weighted by Gasteiger charge is 2.11. The van der Waals surface area contributed by atoms with Crippen LogP contribution in [0.2, 0.25) is 0 Å². The molecule has 22 heavy (non-hydrogen) atoms. The first-order chi connectivity index (χ1) is 10.5. The summed E-state index contributed by atoms with van der Waals surface area (Å²) < 4.78 is 5.10. The Balaban J connectivity index is 2.40. The number of methoxy groups -OCH3 is 1. The Labute approximate surface area is 127 Å². The highest BCUT2D eigenvalue weighted by atomic mass is 16.6. The van der Waals surface area contributed by atoms with E-state index in [4.69, 9.17) is 4.74 Å². The second-order valence-corrected chi connectivity index (χ2v) is 4.49. The fourth-order valence-corrected chi connectivity index (χ4v) is 1.85. The number of aryl methyl sites for hydroxylation is 1. The lowest BCUT2D eigenvalue weighted by molar-refractivity contribution is -0.384. The molecule has 7 nitrogen and oxygen atoms in total. The first kappa shape index (κ1) is 15.4. The molecule has 0 aliphatic rings. The van der Waals surface area contributed by atoms with Crippen LogP contribution >= 0.6 is 0 Å². The zero-order valence-corrected chi connectivity index (χ0v) is 12.2. The SMILES string of the molecule is CCc1ccc(O)c(N=Nc2cc([N+](=O)[O-])ccc2OC)c1. The molecule has 0 atom stereocenters. The highest BCUT2D eigenvalue weighted by molar-refractivity contribution is 5.58. The zero-order chi connectivity index (χ0) is 16.1. The standard InChI is InChI=1S/C15H15N3O4/c1-3-10-4-6-14(19)12(8-10)16-17-13-9-11(18(20)21)5-7-15(13)22-2/h4-9,19H,3H2,1-2H3. The number of ether oxygens (including phenoxy) is 1. The van der Waals surface area contributed by atoms with Crippen molar-refractivity contribution in [1.82, 2.24) is 0 Å². The second-order valence-electron chi connectivity index (χ2n) is 4.49. The molecule has 7 heteroatoms. The van der Waals surface area contributed by atoms with Gasteiger partial charge in [-0.3, -0.25) is 10.1 Å². The van der Waals surface area contributed by atoms with E-state index in [0.29, 0.717) is 11.4 Å². The number of nitro benzene ring substituents is 1. The molecule has 1 N–H and O–H groups in total. The van der Waals surface area contributed by atoms with Crippen molar-refractivity contribution >= 4 is 17.1 Å². The summed E-state index contributed by atoms with van der Waals surface area (Å²) in [5, 5.41) is 28.5. The van der Waals surface area contributed by atoms with E-state index in [1.165, 1.54) is 31.4 Å². The van der Waals surface area contributed by atoms with Gasteiger partial charge in [0, 0.05) is 12.1 Å². The van der Waals surface area contributed by atoms with Gasteiger partial charge in [-0.25, -0.2) is 0 Å². The van der Waals surface area contributed by atoms with Crippen LogP contribution in [0, 0.1) is 10.1 Å². The van der Waals surface area contributed by atoms with E-state index < -0.39 is 4.92 Å². The maximum absolute atomic E-state index is 10.8. The van der Waals surface area contributed by atoms with Crippen molar-refractivity contribution in [2.24, 2.45) is 10.2 Å². The van der Waals surface area contributed by atoms with Crippen LogP contribution in [-0.4, -0.2) is 17.1 Å². The second kappa shape index (κ2) is 6.66. The predicted molar refractivity (Wildman–Crippen MR) is 81.3 cm³/mol. The monoisotopic (exact) mass is 301 g/mol. The molecular formula is C15H15N3O4. The van der Waals surface area contributed by atoms with Crippen LogP contribution in [0.5, 0.6) is 11.5 Å². The van der Waals surface area contributed by atoms with Crippen molar-refractivity contribution in [2.45, 2.75) is 13.3 Å². The number of rotatable bonds is 5. The van der Waals surface area contributed by atoms with E-state index in [0.717, 1.165) is 12.0 Å². The first-order valence-corrected chi connectivity index (χ1v) is 6.61. The Kier molecular flexibility index (Phi) is 4.67. The minimum Gasteiger partial charge on any atom is -0.506 e. The van der Waals surface area contributed by atoms with Gasteiger partial charge in [-0.1, -0.05) is 13.0 Å². The van der Waals surface area contributed by atoms with Crippen molar-refractivity contribution in [3.63, 3.8) is 0 Å². The fourth-order valence-electron chi connectivity index (χ4n) is 1.85. The largest absolute Gasteiger partial charge is 0.506 e. The molecule has 0 bridgehead atoms. The molecule has 0 fully saturated rings. The van der Waals surface area contributed by atoms with Crippen molar-refractivity contribution in [1.29, 1.82) is 0 Å². The van der Waals surface area contributed by atoms with E-state index in [1.807, 2.05) is 6.92 Å². The third-order valence-corrected chi connectivity index (χ3v) is 3.09. The smallest absolute Gasteiger partial charge is 0.271 e. The van der Waals surface area contributed by atoms with Gasteiger partial charge < -0.3 is 9.84 Å². The van der Waals surface area contributed by atoms with Crippen molar-refractivity contribution in [3.8, 4) is 11.5 Å². The van der Waals surface area contributed by atoms with Gasteiger partial charge in [0.2, 0.25) is 0 Å². The average Bonchev–Trinajstić information content (AvgIpc) is 2.53. The number of phenols is 1. The van der Waals surface area contributed by atoms with E-state index in [2.05, 4.69) is 10.2 Å². The number of aromatic hydroxyl groups is 1. The maximum Gasteiger partial charge on any atom is 0.271 e. The number of hydrogen-bond acceptors (Lipinski definition) is 6. The lowest BCUT2D eigenvalue weighted by Crippen LogP contribution is -1.89. The zero-order valence-electron chi connectivity index (χ0n) is 12.2. The molecule has 2 aromatic rings. The quantitative estimate of drug-likeness (QED) is 0.506. The van der Waals surface area contributed by atoms with Gasteiger partial charge in [-0.15, -0.1) is 10.2 Å². The molecule has 0 unspecified atom stereocenters. The molecular weight excluding hydrogens is 286 g/mol.